The second-order valence-electron chi connectivity index (χ2n) is 4.32. The Morgan fingerprint density at radius 2 is 1.55 bits per heavy atom. The number of thiophene rings is 1. The lowest BCUT2D eigenvalue weighted by atomic mass is 10.0. The molecule has 0 aliphatic carbocycles. The molecule has 1 unspecified atom stereocenters. The highest BCUT2D eigenvalue weighted by Gasteiger charge is 2.17. The van der Waals surface area contributed by atoms with E-state index in [1.54, 1.807) is 11.3 Å². The van der Waals surface area contributed by atoms with E-state index in [0.717, 1.165) is 12.7 Å². The van der Waals surface area contributed by atoms with Gasteiger partial charge in [-0.1, -0.05) is 62.2 Å². The highest BCUT2D eigenvalue weighted by Crippen LogP contribution is 2.43. The third-order valence-corrected chi connectivity index (χ3v) is 8.39. The van der Waals surface area contributed by atoms with Gasteiger partial charge in [-0.15, -0.1) is 11.3 Å². The van der Waals surface area contributed by atoms with Crippen molar-refractivity contribution < 1.29 is 0 Å². The maximum atomic E-state index is 3.84. The van der Waals surface area contributed by atoms with Gasteiger partial charge in [-0.2, -0.15) is 0 Å². The molecule has 2 aromatic carbocycles. The van der Waals surface area contributed by atoms with Crippen molar-refractivity contribution in [3.8, 4) is 0 Å². The van der Waals surface area contributed by atoms with Gasteiger partial charge in [-0.05, 0) is 60.3 Å². The van der Waals surface area contributed by atoms with E-state index in [2.05, 4.69) is 106 Å². The van der Waals surface area contributed by atoms with Crippen LogP contribution < -0.4 is 0 Å². The molecule has 1 atom stereocenters. The van der Waals surface area contributed by atoms with Crippen LogP contribution in [0.4, 0.5) is 0 Å². The van der Waals surface area contributed by atoms with E-state index in [9.17, 15) is 0 Å². The minimum atomic E-state index is 0.188. The van der Waals surface area contributed by atoms with Gasteiger partial charge in [0.05, 0.1) is 8.61 Å². The van der Waals surface area contributed by atoms with Crippen molar-refractivity contribution in [2.24, 2.45) is 0 Å². The molecule has 1 aromatic heterocycles. The molecule has 0 spiro atoms. The van der Waals surface area contributed by atoms with Crippen molar-refractivity contribution >= 4 is 85.8 Å². The minimum absolute atomic E-state index is 0.188. The standard InChI is InChI=1S/C15H8Br4S/c16-11-6-5-10(8-3-1-2-4-9(8)11)14(18)13-7-12(17)15(19)20-13/h1-7,14H. The maximum Gasteiger partial charge on any atom is 0.0843 e. The molecule has 3 aromatic rings. The maximum absolute atomic E-state index is 3.84. The van der Waals surface area contributed by atoms with E-state index in [4.69, 9.17) is 0 Å². The summed E-state index contributed by atoms with van der Waals surface area (Å²) in [6.45, 7) is 0. The van der Waals surface area contributed by atoms with Crippen LogP contribution in [0.2, 0.25) is 0 Å². The topological polar surface area (TPSA) is 0 Å². The zero-order valence-electron chi connectivity index (χ0n) is 10.0. The van der Waals surface area contributed by atoms with E-state index in [0.29, 0.717) is 0 Å². The molecule has 0 aliphatic heterocycles. The molecule has 5 heteroatoms. The molecule has 0 amide bonds. The van der Waals surface area contributed by atoms with Gasteiger partial charge in [-0.25, -0.2) is 0 Å². The van der Waals surface area contributed by atoms with Gasteiger partial charge >= 0.3 is 0 Å². The van der Waals surface area contributed by atoms with Gasteiger partial charge in [-0.3, -0.25) is 0 Å². The fraction of sp³-hybridized carbons (Fsp3) is 0.0667. The molecule has 102 valence electrons. The Kier molecular flexibility index (Phi) is 4.73. The average Bonchev–Trinajstić information content (AvgIpc) is 2.79. The fourth-order valence-corrected chi connectivity index (χ4v) is 5.52. The van der Waals surface area contributed by atoms with Crippen molar-refractivity contribution in [3.63, 3.8) is 0 Å². The summed E-state index contributed by atoms with van der Waals surface area (Å²) in [5, 5.41) is 2.51. The molecule has 0 bridgehead atoms. The normalized spacial score (nSPS) is 12.8. The predicted octanol–water partition coefficient (Wildman–Crippen LogP) is 7.67. The zero-order valence-corrected chi connectivity index (χ0v) is 17.2. The van der Waals surface area contributed by atoms with Crippen molar-refractivity contribution in [2.75, 3.05) is 0 Å². The summed E-state index contributed by atoms with van der Waals surface area (Å²) in [5.74, 6) is 0. The van der Waals surface area contributed by atoms with E-state index in [-0.39, 0.29) is 4.83 Å². The van der Waals surface area contributed by atoms with E-state index >= 15 is 0 Å². The smallest absolute Gasteiger partial charge is 0.0843 e. The van der Waals surface area contributed by atoms with Gasteiger partial charge in [0.1, 0.15) is 0 Å². The van der Waals surface area contributed by atoms with Gasteiger partial charge in [0.2, 0.25) is 0 Å². The van der Waals surface area contributed by atoms with Crippen LogP contribution >= 0.6 is 75.1 Å². The van der Waals surface area contributed by atoms with Crippen molar-refractivity contribution in [1.82, 2.24) is 0 Å². The molecule has 0 saturated heterocycles. The molecule has 0 nitrogen and oxygen atoms in total. The molecule has 0 radical (unpaired) electrons. The molecule has 3 rings (SSSR count). The van der Waals surface area contributed by atoms with Gasteiger partial charge in [0.25, 0.3) is 0 Å². The summed E-state index contributed by atoms with van der Waals surface area (Å²) in [6, 6.07) is 14.9. The minimum Gasteiger partial charge on any atom is -0.131 e. The quantitative estimate of drug-likeness (QED) is 0.293. The van der Waals surface area contributed by atoms with Gasteiger partial charge in [0.15, 0.2) is 0 Å². The Bertz CT molecular complexity index is 759. The predicted molar refractivity (Wildman–Crippen MR) is 102 cm³/mol. The second kappa shape index (κ2) is 6.21. The molecule has 0 aliphatic rings. The summed E-state index contributed by atoms with van der Waals surface area (Å²) < 4.78 is 3.35. The van der Waals surface area contributed by atoms with Crippen molar-refractivity contribution in [2.45, 2.75) is 4.83 Å². The Labute approximate surface area is 155 Å². The Morgan fingerprint density at radius 3 is 2.20 bits per heavy atom. The first kappa shape index (κ1) is 15.2. The third kappa shape index (κ3) is 2.80. The van der Waals surface area contributed by atoms with Crippen LogP contribution in [0.3, 0.4) is 0 Å². The van der Waals surface area contributed by atoms with E-state index in [1.807, 2.05) is 0 Å². The molecular weight excluding hydrogens is 532 g/mol. The van der Waals surface area contributed by atoms with Crippen molar-refractivity contribution in [3.05, 3.63) is 65.6 Å². The SMILES string of the molecule is Brc1cc(C(Br)c2ccc(Br)c3ccccc23)sc1Br. The Morgan fingerprint density at radius 1 is 0.850 bits per heavy atom. The molecular formula is C15H8Br4S. The average molecular weight is 540 g/mol. The fourth-order valence-electron chi connectivity index (χ4n) is 2.15. The lowest BCUT2D eigenvalue weighted by molar-refractivity contribution is 1.25. The molecule has 0 fully saturated rings. The van der Waals surface area contributed by atoms with Crippen LogP contribution in [-0.2, 0) is 0 Å². The number of rotatable bonds is 2. The number of benzene rings is 2. The van der Waals surface area contributed by atoms with E-state index in [1.165, 1.54) is 21.2 Å². The Hall–Kier alpha value is 0.320. The van der Waals surface area contributed by atoms with E-state index < -0.39 is 0 Å². The number of alkyl halides is 1. The van der Waals surface area contributed by atoms with Crippen LogP contribution in [-0.4, -0.2) is 0 Å². The summed E-state index contributed by atoms with van der Waals surface area (Å²) in [5.41, 5.74) is 1.28. The van der Waals surface area contributed by atoms with Crippen LogP contribution in [0.1, 0.15) is 15.3 Å². The lowest BCUT2D eigenvalue weighted by Crippen LogP contribution is -1.91. The molecule has 20 heavy (non-hydrogen) atoms. The van der Waals surface area contributed by atoms with Crippen LogP contribution in [0.5, 0.6) is 0 Å². The number of hydrogen-bond acceptors (Lipinski definition) is 1. The first-order chi connectivity index (χ1) is 9.58. The molecule has 0 N–H and O–H groups in total. The summed E-state index contributed by atoms with van der Waals surface area (Å²) >= 11 is 16.3. The van der Waals surface area contributed by atoms with Gasteiger partial charge in [0, 0.05) is 13.8 Å². The Balaban J connectivity index is 2.17. The largest absolute Gasteiger partial charge is 0.131 e. The summed E-state index contributed by atoms with van der Waals surface area (Å²) in [6.07, 6.45) is 0. The van der Waals surface area contributed by atoms with Gasteiger partial charge < -0.3 is 0 Å². The first-order valence-corrected chi connectivity index (χ1v) is 9.95. The molecule has 0 saturated carbocycles. The van der Waals surface area contributed by atoms with Crippen LogP contribution in [0.25, 0.3) is 10.8 Å². The van der Waals surface area contributed by atoms with Crippen LogP contribution in [0.15, 0.2) is 55.2 Å². The summed E-state index contributed by atoms with van der Waals surface area (Å²) in [7, 11) is 0. The number of hydrogen-bond donors (Lipinski definition) is 0. The third-order valence-electron chi connectivity index (χ3n) is 3.09. The highest BCUT2D eigenvalue weighted by atomic mass is 79.9. The molecule has 1 heterocycles. The van der Waals surface area contributed by atoms with Crippen LogP contribution in [0, 0.1) is 0 Å². The lowest BCUT2D eigenvalue weighted by Gasteiger charge is -2.13. The number of halogens is 4. The summed E-state index contributed by atoms with van der Waals surface area (Å²) in [4.78, 5) is 1.46. The zero-order chi connectivity index (χ0) is 14.3. The second-order valence-corrected chi connectivity index (χ2v) is 9.34. The first-order valence-electron chi connectivity index (χ1n) is 5.84. The van der Waals surface area contributed by atoms with Crippen molar-refractivity contribution in [1.29, 1.82) is 0 Å². The highest BCUT2D eigenvalue weighted by molar-refractivity contribution is 9.13. The monoisotopic (exact) mass is 536 g/mol. The number of fused-ring (bicyclic) bond motifs is 1.